The van der Waals surface area contributed by atoms with Crippen LogP contribution < -0.4 is 27.4 Å². The molecule has 0 spiro atoms. The number of hydrogen-bond donors (Lipinski definition) is 7. The van der Waals surface area contributed by atoms with Gasteiger partial charge in [-0.1, -0.05) is 30.3 Å². The van der Waals surface area contributed by atoms with E-state index in [0.717, 1.165) is 0 Å². The van der Waals surface area contributed by atoms with Gasteiger partial charge in [-0.15, -0.1) is 0 Å². The van der Waals surface area contributed by atoms with Crippen molar-refractivity contribution in [2.24, 2.45) is 11.5 Å². The zero-order valence-electron chi connectivity index (χ0n) is 16.7. The molecule has 0 aromatic heterocycles. The monoisotopic (exact) mass is 437 g/mol. The predicted octanol–water partition coefficient (Wildman–Crippen LogP) is -3.02. The molecular weight excluding hydrogens is 410 g/mol. The Balaban J connectivity index is 2.83. The Hall–Kier alpha value is -3.51. The summed E-state index contributed by atoms with van der Waals surface area (Å²) < 4.78 is 0. The average Bonchev–Trinajstić information content (AvgIpc) is 2.73. The number of carbonyl (C=O) groups excluding carboxylic acids is 4. The average molecular weight is 437 g/mol. The van der Waals surface area contributed by atoms with Crippen LogP contribution >= 0.6 is 0 Å². The Morgan fingerprint density at radius 3 is 2.10 bits per heavy atom. The van der Waals surface area contributed by atoms with E-state index in [4.69, 9.17) is 16.6 Å². The fourth-order valence-corrected chi connectivity index (χ4v) is 2.52. The van der Waals surface area contributed by atoms with Crippen LogP contribution in [0, 0.1) is 0 Å². The molecule has 31 heavy (non-hydrogen) atoms. The highest BCUT2D eigenvalue weighted by molar-refractivity contribution is 5.94. The topological polar surface area (TPSA) is 214 Å². The van der Waals surface area contributed by atoms with Gasteiger partial charge in [0.05, 0.1) is 12.6 Å². The molecule has 3 unspecified atom stereocenters. The Morgan fingerprint density at radius 1 is 0.935 bits per heavy atom. The number of aliphatic hydroxyl groups excluding tert-OH is 1. The molecule has 12 heteroatoms. The molecule has 12 nitrogen and oxygen atoms in total. The van der Waals surface area contributed by atoms with Crippen LogP contribution in [0.1, 0.15) is 18.4 Å². The summed E-state index contributed by atoms with van der Waals surface area (Å²) in [6.45, 7) is -1.43. The Bertz CT molecular complexity index is 787. The van der Waals surface area contributed by atoms with Gasteiger partial charge >= 0.3 is 5.97 Å². The molecule has 9 N–H and O–H groups in total. The maximum atomic E-state index is 12.5. The number of hydrogen-bond acceptors (Lipinski definition) is 7. The lowest BCUT2D eigenvalue weighted by Crippen LogP contribution is -2.57. The Kier molecular flexibility index (Phi) is 10.6. The second kappa shape index (κ2) is 12.9. The lowest BCUT2D eigenvalue weighted by Gasteiger charge is -2.23. The van der Waals surface area contributed by atoms with Crippen molar-refractivity contribution in [2.45, 2.75) is 37.4 Å². The van der Waals surface area contributed by atoms with Crippen molar-refractivity contribution in [3.8, 4) is 0 Å². The third kappa shape index (κ3) is 9.69. The van der Waals surface area contributed by atoms with E-state index in [1.807, 2.05) is 0 Å². The number of aliphatic carboxylic acids is 1. The Labute approximate surface area is 178 Å². The number of carboxylic acids is 1. The van der Waals surface area contributed by atoms with Crippen molar-refractivity contribution >= 4 is 29.6 Å². The summed E-state index contributed by atoms with van der Waals surface area (Å²) in [7, 11) is 0. The van der Waals surface area contributed by atoms with Crippen molar-refractivity contribution in [3.63, 3.8) is 0 Å². The van der Waals surface area contributed by atoms with E-state index in [1.165, 1.54) is 0 Å². The molecule has 0 aliphatic carbocycles. The minimum absolute atomic E-state index is 0.0439. The molecule has 0 bridgehead atoms. The normalized spacial score (nSPS) is 13.4. The van der Waals surface area contributed by atoms with E-state index >= 15 is 0 Å². The van der Waals surface area contributed by atoms with Gasteiger partial charge in [0.25, 0.3) is 0 Å². The van der Waals surface area contributed by atoms with Crippen LogP contribution in [0.3, 0.4) is 0 Å². The molecule has 170 valence electrons. The van der Waals surface area contributed by atoms with Crippen molar-refractivity contribution in [1.29, 1.82) is 0 Å². The van der Waals surface area contributed by atoms with Gasteiger partial charge < -0.3 is 37.6 Å². The molecule has 0 heterocycles. The van der Waals surface area contributed by atoms with Crippen LogP contribution in [-0.2, 0) is 30.4 Å². The van der Waals surface area contributed by atoms with Crippen LogP contribution in [-0.4, -0.2) is 71.1 Å². The molecule has 0 aliphatic rings. The van der Waals surface area contributed by atoms with E-state index in [0.29, 0.717) is 5.56 Å². The third-order valence-electron chi connectivity index (χ3n) is 4.18. The van der Waals surface area contributed by atoms with Gasteiger partial charge in [0, 0.05) is 12.8 Å². The summed E-state index contributed by atoms with van der Waals surface area (Å²) in [5.41, 5.74) is 11.3. The molecule has 1 rings (SSSR count). The molecule has 1 aromatic rings. The molecule has 0 saturated carbocycles. The van der Waals surface area contributed by atoms with Crippen LogP contribution in [0.5, 0.6) is 0 Å². The largest absolute Gasteiger partial charge is 0.480 e. The summed E-state index contributed by atoms with van der Waals surface area (Å²) >= 11 is 0. The smallest absolute Gasteiger partial charge is 0.322 e. The van der Waals surface area contributed by atoms with Crippen LogP contribution in [0.15, 0.2) is 30.3 Å². The van der Waals surface area contributed by atoms with Gasteiger partial charge in [-0.25, -0.2) is 0 Å². The molecule has 1 aromatic carbocycles. The van der Waals surface area contributed by atoms with Crippen molar-refractivity contribution in [2.75, 3.05) is 13.2 Å². The standard InChI is InChI=1S/C19H27N5O7/c20-12(6-7-15(21)26)17(29)24-14(10-25)19(31)23-13(18(30)22-9-16(27)28)8-11-4-2-1-3-5-11/h1-5,12-14,25H,6-10,20H2,(H2,21,26)(H,22,30)(H,23,31)(H,24,29)(H,27,28). The highest BCUT2D eigenvalue weighted by Gasteiger charge is 2.28. The van der Waals surface area contributed by atoms with Gasteiger partial charge in [0.15, 0.2) is 0 Å². The number of nitrogens with two attached hydrogens (primary N) is 2. The lowest BCUT2D eigenvalue weighted by atomic mass is 10.0. The van der Waals surface area contributed by atoms with Gasteiger partial charge in [0.2, 0.25) is 23.6 Å². The zero-order valence-corrected chi connectivity index (χ0v) is 16.7. The summed E-state index contributed by atoms with van der Waals surface area (Å²) in [5.74, 6) is -4.31. The van der Waals surface area contributed by atoms with Gasteiger partial charge in [-0.05, 0) is 12.0 Å². The summed E-state index contributed by atoms with van der Waals surface area (Å²) in [5, 5.41) is 25.1. The SMILES string of the molecule is NC(=O)CCC(N)C(=O)NC(CO)C(=O)NC(Cc1ccccc1)C(=O)NCC(=O)O. The number of rotatable bonds is 13. The molecule has 0 fully saturated rings. The maximum Gasteiger partial charge on any atom is 0.322 e. The molecular formula is C19H27N5O7. The summed E-state index contributed by atoms with van der Waals surface area (Å²) in [6, 6.07) is 4.94. The predicted molar refractivity (Wildman–Crippen MR) is 108 cm³/mol. The molecule has 0 radical (unpaired) electrons. The first-order valence-corrected chi connectivity index (χ1v) is 9.43. The van der Waals surface area contributed by atoms with E-state index < -0.39 is 60.9 Å². The fourth-order valence-electron chi connectivity index (χ4n) is 2.52. The third-order valence-corrected chi connectivity index (χ3v) is 4.18. The summed E-state index contributed by atoms with van der Waals surface area (Å²) in [6.07, 6.45) is -0.134. The second-order valence-electron chi connectivity index (χ2n) is 6.72. The van der Waals surface area contributed by atoms with Crippen molar-refractivity contribution in [3.05, 3.63) is 35.9 Å². The zero-order chi connectivity index (χ0) is 23.4. The van der Waals surface area contributed by atoms with E-state index in [-0.39, 0.29) is 19.3 Å². The number of amides is 4. The Morgan fingerprint density at radius 2 is 1.55 bits per heavy atom. The quantitative estimate of drug-likeness (QED) is 0.168. The lowest BCUT2D eigenvalue weighted by molar-refractivity contribution is -0.138. The first kappa shape index (κ1) is 25.5. The van der Waals surface area contributed by atoms with E-state index in [1.54, 1.807) is 30.3 Å². The highest BCUT2D eigenvalue weighted by Crippen LogP contribution is 2.04. The van der Waals surface area contributed by atoms with Crippen LogP contribution in [0.4, 0.5) is 0 Å². The van der Waals surface area contributed by atoms with Gasteiger partial charge in [-0.3, -0.25) is 24.0 Å². The van der Waals surface area contributed by atoms with Crippen LogP contribution in [0.2, 0.25) is 0 Å². The molecule has 0 aliphatic heterocycles. The van der Waals surface area contributed by atoms with Gasteiger partial charge in [-0.2, -0.15) is 0 Å². The minimum Gasteiger partial charge on any atom is -0.480 e. The van der Waals surface area contributed by atoms with Crippen molar-refractivity contribution in [1.82, 2.24) is 16.0 Å². The van der Waals surface area contributed by atoms with Crippen molar-refractivity contribution < 1.29 is 34.2 Å². The fraction of sp³-hybridized carbons (Fsp3) is 0.421. The minimum atomic E-state index is -1.42. The number of carbonyl (C=O) groups is 5. The van der Waals surface area contributed by atoms with E-state index in [2.05, 4.69) is 16.0 Å². The number of carboxylic acid groups (broad SMARTS) is 1. The van der Waals surface area contributed by atoms with E-state index in [9.17, 15) is 29.1 Å². The number of benzene rings is 1. The summed E-state index contributed by atoms with van der Waals surface area (Å²) in [4.78, 5) is 58.5. The molecule has 3 atom stereocenters. The number of nitrogens with one attached hydrogen (secondary N) is 3. The number of primary amides is 1. The van der Waals surface area contributed by atoms with Crippen LogP contribution in [0.25, 0.3) is 0 Å². The molecule has 0 saturated heterocycles. The molecule has 4 amide bonds. The highest BCUT2D eigenvalue weighted by atomic mass is 16.4. The first-order valence-electron chi connectivity index (χ1n) is 9.43. The first-order chi connectivity index (χ1) is 14.6. The number of aliphatic hydroxyl groups is 1. The second-order valence-corrected chi connectivity index (χ2v) is 6.72. The maximum absolute atomic E-state index is 12.5. The van der Waals surface area contributed by atoms with Gasteiger partial charge in [0.1, 0.15) is 18.6 Å².